The van der Waals surface area contributed by atoms with E-state index in [2.05, 4.69) is 5.32 Å². The molecule has 2 rings (SSSR count). The van der Waals surface area contributed by atoms with Crippen LogP contribution in [0.4, 0.5) is 13.2 Å². The van der Waals surface area contributed by atoms with Crippen LogP contribution < -0.4 is 10.1 Å². The number of esters is 1. The Labute approximate surface area is 192 Å². The van der Waals surface area contributed by atoms with Crippen LogP contribution in [0.25, 0.3) is 11.1 Å². The molecule has 0 unspecified atom stereocenters. The molecule has 0 radical (unpaired) electrons. The third kappa shape index (κ3) is 6.57. The van der Waals surface area contributed by atoms with E-state index in [1.54, 1.807) is 39.0 Å². The number of ketones is 1. The van der Waals surface area contributed by atoms with Crippen molar-refractivity contribution in [2.24, 2.45) is 0 Å². The number of hydrogen-bond donors (Lipinski definition) is 1. The van der Waals surface area contributed by atoms with Gasteiger partial charge in [0, 0.05) is 25.1 Å². The maximum absolute atomic E-state index is 13.4. The van der Waals surface area contributed by atoms with Crippen LogP contribution in [0.15, 0.2) is 36.4 Å². The molecule has 0 saturated heterocycles. The predicted molar refractivity (Wildman–Crippen MR) is 120 cm³/mol. The van der Waals surface area contributed by atoms with Gasteiger partial charge in [-0.05, 0) is 68.7 Å². The minimum absolute atomic E-state index is 0.0117. The first-order valence-electron chi connectivity index (χ1n) is 10.7. The first-order valence-corrected chi connectivity index (χ1v) is 10.7. The second kappa shape index (κ2) is 10.8. The summed E-state index contributed by atoms with van der Waals surface area (Å²) in [7, 11) is 1.48. The zero-order valence-corrected chi connectivity index (χ0v) is 19.6. The number of rotatable bonds is 10. The number of carbonyl (C=O) groups is 2. The van der Waals surface area contributed by atoms with Gasteiger partial charge in [-0.2, -0.15) is 13.2 Å². The zero-order chi connectivity index (χ0) is 24.8. The second-order valence-corrected chi connectivity index (χ2v) is 8.26. The van der Waals surface area contributed by atoms with Gasteiger partial charge in [0.15, 0.2) is 0 Å². The quantitative estimate of drug-likeness (QED) is 0.382. The number of carbonyl (C=O) groups excluding carboxylic acids is 2. The normalized spacial score (nSPS) is 11.9. The van der Waals surface area contributed by atoms with E-state index in [1.807, 2.05) is 0 Å². The molecular formula is C25H30F3NO4. The minimum Gasteiger partial charge on any atom is -0.496 e. The van der Waals surface area contributed by atoms with Gasteiger partial charge in [0.25, 0.3) is 0 Å². The first-order chi connectivity index (χ1) is 15.4. The summed E-state index contributed by atoms with van der Waals surface area (Å²) in [4.78, 5) is 23.7. The van der Waals surface area contributed by atoms with Gasteiger partial charge in [0.2, 0.25) is 0 Å². The summed E-state index contributed by atoms with van der Waals surface area (Å²) in [5.41, 5.74) is 0.408. The average Bonchev–Trinajstić information content (AvgIpc) is 2.75. The number of nitrogens with one attached hydrogen (secondary N) is 1. The third-order valence-corrected chi connectivity index (χ3v) is 5.40. The van der Waals surface area contributed by atoms with Gasteiger partial charge >= 0.3 is 12.1 Å². The Balaban J connectivity index is 2.58. The standard InChI is InChI=1S/C25H30F3NO4/c1-6-33-23(31)24(3,4)18-8-10-22(32-5)21(14-18)20-9-7-19(25(26,27)28)13-17(20)15-29-12-11-16(2)30/h7-10,13-14,29H,6,11-12,15H2,1-5H3. The van der Waals surface area contributed by atoms with Crippen molar-refractivity contribution in [3.05, 3.63) is 53.1 Å². The summed E-state index contributed by atoms with van der Waals surface area (Å²) in [6.45, 7) is 7.35. The van der Waals surface area contributed by atoms with Gasteiger partial charge in [-0.3, -0.25) is 9.59 Å². The molecule has 0 spiro atoms. The highest BCUT2D eigenvalue weighted by atomic mass is 19.4. The van der Waals surface area contributed by atoms with Crippen LogP contribution in [0, 0.1) is 0 Å². The lowest BCUT2D eigenvalue weighted by atomic mass is 9.82. The van der Waals surface area contributed by atoms with E-state index in [4.69, 9.17) is 9.47 Å². The largest absolute Gasteiger partial charge is 0.496 e. The van der Waals surface area contributed by atoms with Crippen LogP contribution in [-0.4, -0.2) is 32.0 Å². The van der Waals surface area contributed by atoms with Crippen molar-refractivity contribution in [3.8, 4) is 16.9 Å². The van der Waals surface area contributed by atoms with Crippen molar-refractivity contribution in [1.82, 2.24) is 5.32 Å². The van der Waals surface area contributed by atoms with Gasteiger partial charge in [-0.25, -0.2) is 0 Å². The van der Waals surface area contributed by atoms with E-state index in [9.17, 15) is 22.8 Å². The van der Waals surface area contributed by atoms with Crippen molar-refractivity contribution < 1.29 is 32.2 Å². The topological polar surface area (TPSA) is 64.6 Å². The van der Waals surface area contributed by atoms with Gasteiger partial charge in [-0.15, -0.1) is 0 Å². The highest BCUT2D eigenvalue weighted by molar-refractivity contribution is 5.84. The van der Waals surface area contributed by atoms with Crippen LogP contribution in [0.3, 0.4) is 0 Å². The smallest absolute Gasteiger partial charge is 0.416 e. The fourth-order valence-electron chi connectivity index (χ4n) is 3.40. The molecule has 0 amide bonds. The molecule has 0 aliphatic rings. The Bertz CT molecular complexity index is 1000. The number of ether oxygens (including phenoxy) is 2. The molecule has 8 heteroatoms. The molecule has 0 aliphatic heterocycles. The van der Waals surface area contributed by atoms with E-state index < -0.39 is 23.1 Å². The van der Waals surface area contributed by atoms with Crippen molar-refractivity contribution >= 4 is 11.8 Å². The van der Waals surface area contributed by atoms with E-state index >= 15 is 0 Å². The van der Waals surface area contributed by atoms with Crippen LogP contribution in [0.5, 0.6) is 5.75 Å². The van der Waals surface area contributed by atoms with Crippen molar-refractivity contribution in [2.75, 3.05) is 20.3 Å². The SMILES string of the molecule is CCOC(=O)C(C)(C)c1ccc(OC)c(-c2ccc(C(F)(F)F)cc2CNCCC(C)=O)c1. The molecule has 0 heterocycles. The predicted octanol–water partition coefficient (Wildman–Crippen LogP) is 5.29. The minimum atomic E-state index is -4.50. The van der Waals surface area contributed by atoms with E-state index in [-0.39, 0.29) is 25.4 Å². The summed E-state index contributed by atoms with van der Waals surface area (Å²) in [5, 5.41) is 3.04. The lowest BCUT2D eigenvalue weighted by molar-refractivity contribution is -0.148. The number of halogens is 3. The summed E-state index contributed by atoms with van der Waals surface area (Å²) in [6, 6.07) is 8.71. The molecule has 0 aliphatic carbocycles. The van der Waals surface area contributed by atoms with Crippen molar-refractivity contribution in [1.29, 1.82) is 0 Å². The molecule has 0 atom stereocenters. The van der Waals surface area contributed by atoms with Crippen LogP contribution in [0.2, 0.25) is 0 Å². The number of hydrogen-bond acceptors (Lipinski definition) is 5. The Hall–Kier alpha value is -2.87. The fourth-order valence-corrected chi connectivity index (χ4v) is 3.40. The van der Waals surface area contributed by atoms with Crippen LogP contribution in [-0.2, 0) is 32.5 Å². The second-order valence-electron chi connectivity index (χ2n) is 8.26. The zero-order valence-electron chi connectivity index (χ0n) is 19.6. The Morgan fingerprint density at radius 2 is 1.67 bits per heavy atom. The van der Waals surface area contributed by atoms with E-state index in [1.165, 1.54) is 20.1 Å². The molecule has 2 aromatic rings. The summed E-state index contributed by atoms with van der Waals surface area (Å²) >= 11 is 0. The molecule has 0 saturated carbocycles. The Morgan fingerprint density at radius 3 is 2.24 bits per heavy atom. The number of Topliss-reactive ketones (excluding diaryl/α,β-unsaturated/α-hetero) is 1. The maximum atomic E-state index is 13.4. The fraction of sp³-hybridized carbons (Fsp3) is 0.440. The highest BCUT2D eigenvalue weighted by Crippen LogP contribution is 2.39. The van der Waals surface area contributed by atoms with Crippen LogP contribution >= 0.6 is 0 Å². The molecule has 33 heavy (non-hydrogen) atoms. The Kier molecular flexibility index (Phi) is 8.66. The third-order valence-electron chi connectivity index (χ3n) is 5.40. The Morgan fingerprint density at radius 1 is 1.00 bits per heavy atom. The summed E-state index contributed by atoms with van der Waals surface area (Å²) in [5.74, 6) is 0.0464. The number of benzene rings is 2. The van der Waals surface area contributed by atoms with Gasteiger partial charge in [0.05, 0.1) is 24.7 Å². The highest BCUT2D eigenvalue weighted by Gasteiger charge is 2.33. The lowest BCUT2D eigenvalue weighted by Crippen LogP contribution is -2.31. The average molecular weight is 466 g/mol. The van der Waals surface area contributed by atoms with Crippen molar-refractivity contribution in [2.45, 2.75) is 52.3 Å². The molecular weight excluding hydrogens is 435 g/mol. The van der Waals surface area contributed by atoms with Gasteiger partial charge < -0.3 is 14.8 Å². The van der Waals surface area contributed by atoms with E-state index in [0.29, 0.717) is 34.5 Å². The van der Waals surface area contributed by atoms with Crippen LogP contribution in [0.1, 0.15) is 50.8 Å². The molecule has 0 aromatic heterocycles. The van der Waals surface area contributed by atoms with Crippen molar-refractivity contribution in [3.63, 3.8) is 0 Å². The molecule has 5 nitrogen and oxygen atoms in total. The van der Waals surface area contributed by atoms with Gasteiger partial charge in [-0.1, -0.05) is 12.1 Å². The molecule has 0 bridgehead atoms. The first kappa shape index (κ1) is 26.4. The lowest BCUT2D eigenvalue weighted by Gasteiger charge is -2.25. The summed E-state index contributed by atoms with van der Waals surface area (Å²) < 4.78 is 50.8. The van der Waals surface area contributed by atoms with E-state index in [0.717, 1.165) is 12.1 Å². The summed E-state index contributed by atoms with van der Waals surface area (Å²) in [6.07, 6.45) is -4.22. The molecule has 180 valence electrons. The molecule has 2 aromatic carbocycles. The number of methoxy groups -OCH3 is 1. The molecule has 0 fully saturated rings. The molecule has 1 N–H and O–H groups in total. The monoisotopic (exact) mass is 465 g/mol. The number of alkyl halides is 3. The van der Waals surface area contributed by atoms with Gasteiger partial charge in [0.1, 0.15) is 11.5 Å². The maximum Gasteiger partial charge on any atom is 0.416 e.